The van der Waals surface area contributed by atoms with E-state index in [0.29, 0.717) is 0 Å². The number of hydrogen-bond donors (Lipinski definition) is 0. The molecule has 0 saturated carbocycles. The van der Waals surface area contributed by atoms with Gasteiger partial charge < -0.3 is 14.5 Å². The fourth-order valence-corrected chi connectivity index (χ4v) is 2.16. The molecule has 0 atom stereocenters. The van der Waals surface area contributed by atoms with Gasteiger partial charge in [-0.15, -0.1) is 6.58 Å². The molecule has 4 nitrogen and oxygen atoms in total. The predicted octanol–water partition coefficient (Wildman–Crippen LogP) is 2.90. The minimum atomic E-state index is -0.410. The van der Waals surface area contributed by atoms with Gasteiger partial charge in [-0.2, -0.15) is 0 Å². The van der Waals surface area contributed by atoms with Crippen LogP contribution in [0.5, 0.6) is 0 Å². The van der Waals surface area contributed by atoms with Gasteiger partial charge in [-0.25, -0.2) is 4.79 Å². The Morgan fingerprint density at radius 3 is 2.63 bits per heavy atom. The summed E-state index contributed by atoms with van der Waals surface area (Å²) in [4.78, 5) is 16.3. The van der Waals surface area contributed by atoms with Crippen molar-refractivity contribution in [3.63, 3.8) is 0 Å². The van der Waals surface area contributed by atoms with E-state index in [4.69, 9.17) is 4.74 Å². The van der Waals surface area contributed by atoms with E-state index in [1.807, 2.05) is 31.7 Å². The number of nitrogens with zero attached hydrogens (tertiary/aromatic N) is 2. The largest absolute Gasteiger partial charge is 0.444 e. The van der Waals surface area contributed by atoms with Crippen LogP contribution in [0.15, 0.2) is 12.7 Å². The van der Waals surface area contributed by atoms with E-state index in [-0.39, 0.29) is 6.09 Å². The number of amides is 1. The molecule has 19 heavy (non-hydrogen) atoms. The van der Waals surface area contributed by atoms with Gasteiger partial charge in [0.2, 0.25) is 0 Å². The van der Waals surface area contributed by atoms with Crippen molar-refractivity contribution in [3.05, 3.63) is 12.7 Å². The Morgan fingerprint density at radius 1 is 1.26 bits per heavy atom. The van der Waals surface area contributed by atoms with Crippen LogP contribution in [-0.2, 0) is 4.74 Å². The van der Waals surface area contributed by atoms with Crippen LogP contribution >= 0.6 is 0 Å². The molecular weight excluding hydrogens is 240 g/mol. The Bertz CT molecular complexity index is 297. The molecule has 4 heteroatoms. The molecule has 0 aromatic heterocycles. The molecule has 0 spiro atoms. The summed E-state index contributed by atoms with van der Waals surface area (Å²) in [6, 6.07) is 0. The zero-order valence-electron chi connectivity index (χ0n) is 12.7. The maximum Gasteiger partial charge on any atom is 0.410 e. The number of carbonyl (C=O) groups is 1. The van der Waals surface area contributed by atoms with Gasteiger partial charge in [0.1, 0.15) is 5.60 Å². The molecule has 1 heterocycles. The molecule has 0 N–H and O–H groups in total. The number of unbranched alkanes of at least 4 members (excludes halogenated alkanes) is 1. The topological polar surface area (TPSA) is 32.8 Å². The van der Waals surface area contributed by atoms with Crippen LogP contribution in [0, 0.1) is 0 Å². The minimum Gasteiger partial charge on any atom is -0.444 e. The van der Waals surface area contributed by atoms with E-state index in [2.05, 4.69) is 11.5 Å². The Labute approximate surface area is 117 Å². The van der Waals surface area contributed by atoms with Crippen molar-refractivity contribution in [3.8, 4) is 0 Å². The highest BCUT2D eigenvalue weighted by molar-refractivity contribution is 5.68. The molecule has 0 aromatic carbocycles. The second-order valence-electron chi connectivity index (χ2n) is 6.09. The van der Waals surface area contributed by atoms with Crippen molar-refractivity contribution < 1.29 is 9.53 Å². The van der Waals surface area contributed by atoms with Crippen molar-refractivity contribution in [1.82, 2.24) is 9.80 Å². The summed E-state index contributed by atoms with van der Waals surface area (Å²) < 4.78 is 5.42. The molecule has 110 valence electrons. The summed E-state index contributed by atoms with van der Waals surface area (Å²) in [5, 5.41) is 0. The maximum absolute atomic E-state index is 12.0. The van der Waals surface area contributed by atoms with E-state index in [0.717, 1.165) is 52.0 Å². The molecule has 0 aliphatic carbocycles. The SMILES string of the molecule is C=CCCCN1CCCN(C(=O)OC(C)(C)C)CC1. The minimum absolute atomic E-state index is 0.180. The molecular formula is C15H28N2O2. The van der Waals surface area contributed by atoms with Crippen LogP contribution in [-0.4, -0.2) is 54.2 Å². The quantitative estimate of drug-likeness (QED) is 0.580. The zero-order chi connectivity index (χ0) is 14.3. The second kappa shape index (κ2) is 7.53. The number of rotatable bonds is 4. The molecule has 1 saturated heterocycles. The van der Waals surface area contributed by atoms with Crippen molar-refractivity contribution >= 4 is 6.09 Å². The normalized spacial score (nSPS) is 17.9. The first-order chi connectivity index (χ1) is 8.92. The van der Waals surface area contributed by atoms with E-state index in [9.17, 15) is 4.79 Å². The number of carbonyl (C=O) groups excluding carboxylic acids is 1. The van der Waals surface area contributed by atoms with Crippen LogP contribution in [0.2, 0.25) is 0 Å². The molecule has 1 aliphatic rings. The van der Waals surface area contributed by atoms with E-state index >= 15 is 0 Å². The van der Waals surface area contributed by atoms with Crippen molar-refractivity contribution in [1.29, 1.82) is 0 Å². The smallest absolute Gasteiger partial charge is 0.410 e. The molecule has 1 rings (SSSR count). The Hall–Kier alpha value is -1.03. The van der Waals surface area contributed by atoms with Crippen LogP contribution in [0.4, 0.5) is 4.79 Å². The van der Waals surface area contributed by atoms with Crippen LogP contribution in [0.3, 0.4) is 0 Å². The monoisotopic (exact) mass is 268 g/mol. The van der Waals surface area contributed by atoms with Gasteiger partial charge in [0.05, 0.1) is 0 Å². The van der Waals surface area contributed by atoms with Crippen molar-refractivity contribution in [2.24, 2.45) is 0 Å². The Balaban J connectivity index is 2.36. The summed E-state index contributed by atoms with van der Waals surface area (Å²) >= 11 is 0. The van der Waals surface area contributed by atoms with Crippen molar-refractivity contribution in [2.45, 2.75) is 45.6 Å². The van der Waals surface area contributed by atoms with Gasteiger partial charge in [0.15, 0.2) is 0 Å². The average Bonchev–Trinajstić information content (AvgIpc) is 2.53. The highest BCUT2D eigenvalue weighted by Gasteiger charge is 2.24. The van der Waals surface area contributed by atoms with E-state index in [1.165, 1.54) is 0 Å². The lowest BCUT2D eigenvalue weighted by molar-refractivity contribution is 0.0257. The Kier molecular flexibility index (Phi) is 6.35. The summed E-state index contributed by atoms with van der Waals surface area (Å²) in [7, 11) is 0. The van der Waals surface area contributed by atoms with E-state index < -0.39 is 5.60 Å². The summed E-state index contributed by atoms with van der Waals surface area (Å²) in [6.45, 7) is 14.1. The third kappa shape index (κ3) is 6.62. The lowest BCUT2D eigenvalue weighted by Crippen LogP contribution is -2.39. The fourth-order valence-electron chi connectivity index (χ4n) is 2.16. The van der Waals surface area contributed by atoms with Gasteiger partial charge in [0, 0.05) is 19.6 Å². The second-order valence-corrected chi connectivity index (χ2v) is 6.09. The lowest BCUT2D eigenvalue weighted by atomic mass is 10.2. The molecule has 0 unspecified atom stereocenters. The Morgan fingerprint density at radius 2 is 2.00 bits per heavy atom. The predicted molar refractivity (Wildman–Crippen MR) is 78.3 cm³/mol. The molecule has 1 amide bonds. The first-order valence-corrected chi connectivity index (χ1v) is 7.23. The summed E-state index contributed by atoms with van der Waals surface area (Å²) in [5.74, 6) is 0. The number of hydrogen-bond acceptors (Lipinski definition) is 3. The first kappa shape index (κ1) is 16.0. The molecule has 0 aromatic rings. The van der Waals surface area contributed by atoms with Crippen molar-refractivity contribution in [2.75, 3.05) is 32.7 Å². The third-order valence-corrected chi connectivity index (χ3v) is 3.12. The number of ether oxygens (including phenoxy) is 1. The highest BCUT2D eigenvalue weighted by Crippen LogP contribution is 2.12. The summed E-state index contributed by atoms with van der Waals surface area (Å²) in [6.07, 6.45) is 5.01. The van der Waals surface area contributed by atoms with Gasteiger partial charge >= 0.3 is 6.09 Å². The van der Waals surface area contributed by atoms with Crippen LogP contribution in [0.1, 0.15) is 40.0 Å². The van der Waals surface area contributed by atoms with Gasteiger partial charge in [-0.05, 0) is 53.1 Å². The molecule has 0 radical (unpaired) electrons. The highest BCUT2D eigenvalue weighted by atomic mass is 16.6. The molecule has 1 aliphatic heterocycles. The fraction of sp³-hybridized carbons (Fsp3) is 0.800. The number of allylic oxidation sites excluding steroid dienone is 1. The molecule has 1 fully saturated rings. The van der Waals surface area contributed by atoms with Crippen LogP contribution < -0.4 is 0 Å². The molecule has 0 bridgehead atoms. The zero-order valence-corrected chi connectivity index (χ0v) is 12.7. The first-order valence-electron chi connectivity index (χ1n) is 7.23. The third-order valence-electron chi connectivity index (χ3n) is 3.12. The van der Waals surface area contributed by atoms with Gasteiger partial charge in [-0.1, -0.05) is 6.08 Å². The average molecular weight is 268 g/mol. The van der Waals surface area contributed by atoms with Gasteiger partial charge in [0.25, 0.3) is 0 Å². The lowest BCUT2D eigenvalue weighted by Gasteiger charge is -2.26. The van der Waals surface area contributed by atoms with Gasteiger partial charge in [-0.3, -0.25) is 0 Å². The van der Waals surface area contributed by atoms with Crippen LogP contribution in [0.25, 0.3) is 0 Å². The maximum atomic E-state index is 12.0. The summed E-state index contributed by atoms with van der Waals surface area (Å²) in [5.41, 5.74) is -0.410. The standard InChI is InChI=1S/C15H28N2O2/c1-5-6-7-9-16-10-8-11-17(13-12-16)14(18)19-15(2,3)4/h5H,1,6-13H2,2-4H3. The van der Waals surface area contributed by atoms with E-state index in [1.54, 1.807) is 0 Å².